The SMILES string of the molecule is C[C@H](O)[C@H]1CCC2C3CC=C4C[C@H](NC(=O)CN)CC[C@]4(C)C3CC[C@@]21C. The van der Waals surface area contributed by atoms with Gasteiger partial charge in [0.1, 0.15) is 0 Å². The highest BCUT2D eigenvalue weighted by Crippen LogP contribution is 2.66. The van der Waals surface area contributed by atoms with E-state index in [4.69, 9.17) is 5.73 Å². The molecule has 0 aromatic carbocycles. The lowest BCUT2D eigenvalue weighted by atomic mass is 9.47. The summed E-state index contributed by atoms with van der Waals surface area (Å²) in [5.41, 5.74) is 7.70. The highest BCUT2D eigenvalue weighted by Gasteiger charge is 2.59. The maximum absolute atomic E-state index is 11.7. The number of carbonyl (C=O) groups is 1. The first-order valence-electron chi connectivity index (χ1n) is 11.2. The van der Waals surface area contributed by atoms with E-state index in [9.17, 15) is 9.90 Å². The molecule has 0 saturated heterocycles. The van der Waals surface area contributed by atoms with Crippen LogP contribution in [0.4, 0.5) is 0 Å². The Balaban J connectivity index is 1.55. The van der Waals surface area contributed by atoms with Crippen LogP contribution in [-0.4, -0.2) is 29.7 Å². The summed E-state index contributed by atoms with van der Waals surface area (Å²) in [4.78, 5) is 11.7. The van der Waals surface area contributed by atoms with E-state index in [1.54, 1.807) is 5.57 Å². The minimum atomic E-state index is -0.177. The first kappa shape index (κ1) is 19.4. The molecule has 0 bridgehead atoms. The molecule has 0 aromatic rings. The van der Waals surface area contributed by atoms with E-state index >= 15 is 0 Å². The van der Waals surface area contributed by atoms with Crippen LogP contribution in [-0.2, 0) is 4.79 Å². The second-order valence-corrected chi connectivity index (χ2v) is 10.4. The second-order valence-electron chi connectivity index (χ2n) is 10.4. The number of nitrogens with one attached hydrogen (secondary N) is 1. The van der Waals surface area contributed by atoms with Crippen molar-refractivity contribution in [3.05, 3.63) is 11.6 Å². The van der Waals surface area contributed by atoms with Gasteiger partial charge >= 0.3 is 0 Å². The lowest BCUT2D eigenvalue weighted by Crippen LogP contribution is -2.52. The van der Waals surface area contributed by atoms with E-state index < -0.39 is 0 Å². The molecular formula is C23H38N2O2. The van der Waals surface area contributed by atoms with Gasteiger partial charge in [-0.3, -0.25) is 4.79 Å². The molecule has 4 rings (SSSR count). The molecule has 0 aromatic heterocycles. The zero-order valence-corrected chi connectivity index (χ0v) is 17.3. The van der Waals surface area contributed by atoms with Gasteiger partial charge in [-0.15, -0.1) is 0 Å². The Kier molecular flexibility index (Phi) is 4.95. The molecule has 0 heterocycles. The van der Waals surface area contributed by atoms with E-state index in [1.807, 2.05) is 6.92 Å². The van der Waals surface area contributed by atoms with Crippen molar-refractivity contribution in [1.82, 2.24) is 5.32 Å². The van der Waals surface area contributed by atoms with Crippen molar-refractivity contribution in [2.75, 3.05) is 6.54 Å². The van der Waals surface area contributed by atoms with Gasteiger partial charge in [0.25, 0.3) is 0 Å². The largest absolute Gasteiger partial charge is 0.393 e. The monoisotopic (exact) mass is 374 g/mol. The van der Waals surface area contributed by atoms with E-state index in [0.717, 1.165) is 30.6 Å². The summed E-state index contributed by atoms with van der Waals surface area (Å²) in [5, 5.41) is 13.5. The van der Waals surface area contributed by atoms with E-state index in [1.165, 1.54) is 38.5 Å². The minimum absolute atomic E-state index is 0.0264. The van der Waals surface area contributed by atoms with Crippen LogP contribution in [0.3, 0.4) is 0 Å². The molecular weight excluding hydrogens is 336 g/mol. The summed E-state index contributed by atoms with van der Waals surface area (Å²) < 4.78 is 0. The molecule has 0 aliphatic heterocycles. The lowest BCUT2D eigenvalue weighted by molar-refractivity contribution is -0.120. The molecule has 4 N–H and O–H groups in total. The van der Waals surface area contributed by atoms with Gasteiger partial charge in [0.05, 0.1) is 12.6 Å². The van der Waals surface area contributed by atoms with Gasteiger partial charge in [-0.2, -0.15) is 0 Å². The van der Waals surface area contributed by atoms with Crippen LogP contribution in [0.1, 0.15) is 72.1 Å². The van der Waals surface area contributed by atoms with E-state index in [-0.39, 0.29) is 24.6 Å². The Morgan fingerprint density at radius 2 is 2.04 bits per heavy atom. The molecule has 4 heteroatoms. The van der Waals surface area contributed by atoms with Gasteiger partial charge in [-0.1, -0.05) is 25.5 Å². The average Bonchev–Trinajstić information content (AvgIpc) is 2.99. The Morgan fingerprint density at radius 3 is 2.74 bits per heavy atom. The van der Waals surface area contributed by atoms with Gasteiger partial charge < -0.3 is 16.2 Å². The summed E-state index contributed by atoms with van der Waals surface area (Å²) >= 11 is 0. The maximum Gasteiger partial charge on any atom is 0.233 e. The van der Waals surface area contributed by atoms with Crippen molar-refractivity contribution in [3.8, 4) is 0 Å². The molecule has 152 valence electrons. The number of hydrogen-bond donors (Lipinski definition) is 3. The van der Waals surface area contributed by atoms with Crippen LogP contribution in [0.25, 0.3) is 0 Å². The van der Waals surface area contributed by atoms with Crippen LogP contribution in [0.5, 0.6) is 0 Å². The molecule has 4 nitrogen and oxygen atoms in total. The number of amides is 1. The minimum Gasteiger partial charge on any atom is -0.393 e. The van der Waals surface area contributed by atoms with E-state index in [0.29, 0.717) is 16.7 Å². The number of hydrogen-bond acceptors (Lipinski definition) is 3. The first-order valence-corrected chi connectivity index (χ1v) is 11.2. The number of allylic oxidation sites excluding steroid dienone is 1. The Labute approximate surface area is 164 Å². The zero-order valence-electron chi connectivity index (χ0n) is 17.3. The molecule has 0 spiro atoms. The Bertz CT molecular complexity index is 630. The zero-order chi connectivity index (χ0) is 19.4. The van der Waals surface area contributed by atoms with Crippen LogP contribution in [0.2, 0.25) is 0 Å². The van der Waals surface area contributed by atoms with Crippen LogP contribution in [0.15, 0.2) is 11.6 Å². The normalized spacial score (nSPS) is 47.3. The number of aliphatic hydroxyl groups excluding tert-OH is 1. The number of aliphatic hydroxyl groups is 1. The number of nitrogens with two attached hydrogens (primary N) is 1. The summed E-state index contributed by atoms with van der Waals surface area (Å²) in [6.45, 7) is 7.06. The second kappa shape index (κ2) is 6.88. The Hall–Kier alpha value is -0.870. The first-order chi connectivity index (χ1) is 12.8. The van der Waals surface area contributed by atoms with Crippen molar-refractivity contribution in [2.24, 2.45) is 40.2 Å². The fraction of sp³-hybridized carbons (Fsp3) is 0.870. The summed E-state index contributed by atoms with van der Waals surface area (Å²) in [6, 6.07) is 0.261. The highest BCUT2D eigenvalue weighted by atomic mass is 16.3. The summed E-state index contributed by atoms with van der Waals surface area (Å²) in [7, 11) is 0. The topological polar surface area (TPSA) is 75.3 Å². The molecule has 1 amide bonds. The van der Waals surface area contributed by atoms with Crippen molar-refractivity contribution < 1.29 is 9.90 Å². The van der Waals surface area contributed by atoms with E-state index in [2.05, 4.69) is 25.2 Å². The van der Waals surface area contributed by atoms with Crippen LogP contribution < -0.4 is 11.1 Å². The molecule has 4 aliphatic rings. The number of fused-ring (bicyclic) bond motifs is 5. The van der Waals surface area contributed by atoms with Crippen LogP contribution >= 0.6 is 0 Å². The molecule has 0 radical (unpaired) electrons. The van der Waals surface area contributed by atoms with Gasteiger partial charge in [0, 0.05) is 6.04 Å². The molecule has 3 unspecified atom stereocenters. The molecule has 27 heavy (non-hydrogen) atoms. The highest BCUT2D eigenvalue weighted by molar-refractivity contribution is 5.78. The molecule has 3 fully saturated rings. The third-order valence-corrected chi connectivity index (χ3v) is 9.31. The van der Waals surface area contributed by atoms with Crippen molar-refractivity contribution in [2.45, 2.75) is 84.3 Å². The van der Waals surface area contributed by atoms with Crippen LogP contribution in [0, 0.1) is 34.5 Å². The predicted molar refractivity (Wildman–Crippen MR) is 108 cm³/mol. The van der Waals surface area contributed by atoms with Crippen molar-refractivity contribution >= 4 is 5.91 Å². The molecule has 3 saturated carbocycles. The van der Waals surface area contributed by atoms with Crippen molar-refractivity contribution in [1.29, 1.82) is 0 Å². The average molecular weight is 375 g/mol. The fourth-order valence-electron chi connectivity index (χ4n) is 7.90. The standard InChI is InChI=1S/C23H38N2O2/c1-14(26)18-6-7-19-17-5-4-15-12-16(25-21(27)13-24)8-10-22(15,2)20(17)9-11-23(18,19)3/h4,14,16-20,26H,5-13,24H2,1-3H3,(H,25,27)/t14-,16+,17?,18+,19?,20?,22-,23+/m0/s1. The third-order valence-electron chi connectivity index (χ3n) is 9.31. The quantitative estimate of drug-likeness (QED) is 0.663. The Morgan fingerprint density at radius 1 is 1.26 bits per heavy atom. The smallest absolute Gasteiger partial charge is 0.233 e. The summed E-state index contributed by atoms with van der Waals surface area (Å²) in [6.07, 6.45) is 11.9. The van der Waals surface area contributed by atoms with Gasteiger partial charge in [0.2, 0.25) is 5.91 Å². The van der Waals surface area contributed by atoms with Gasteiger partial charge in [-0.05, 0) is 92.8 Å². The number of carbonyl (C=O) groups excluding carboxylic acids is 1. The lowest BCUT2D eigenvalue weighted by Gasteiger charge is -2.58. The van der Waals surface area contributed by atoms with Crippen molar-refractivity contribution in [3.63, 3.8) is 0 Å². The molecule has 4 aliphatic carbocycles. The van der Waals surface area contributed by atoms with Gasteiger partial charge in [-0.25, -0.2) is 0 Å². The predicted octanol–water partition coefficient (Wildman–Crippen LogP) is 3.39. The molecule has 8 atom stereocenters. The van der Waals surface area contributed by atoms with Gasteiger partial charge in [0.15, 0.2) is 0 Å². The maximum atomic E-state index is 11.7. The number of rotatable bonds is 3. The fourth-order valence-corrected chi connectivity index (χ4v) is 7.90. The summed E-state index contributed by atoms with van der Waals surface area (Å²) in [5.74, 6) is 2.76. The third kappa shape index (κ3) is 2.98.